The van der Waals surface area contributed by atoms with E-state index in [1.54, 1.807) is 0 Å². The van der Waals surface area contributed by atoms with Gasteiger partial charge >= 0.3 is 0 Å². The molecule has 0 aromatic rings. The summed E-state index contributed by atoms with van der Waals surface area (Å²) in [4.78, 5) is 0. The van der Waals surface area contributed by atoms with Crippen molar-refractivity contribution in [1.82, 2.24) is 5.32 Å². The molecule has 1 saturated carbocycles. The van der Waals surface area contributed by atoms with Crippen LogP contribution in [0.1, 0.15) is 47.0 Å². The summed E-state index contributed by atoms with van der Waals surface area (Å²) in [6.45, 7) is 11.4. The van der Waals surface area contributed by atoms with E-state index < -0.39 is 0 Å². The summed E-state index contributed by atoms with van der Waals surface area (Å²) < 4.78 is 11.7. The highest BCUT2D eigenvalue weighted by molar-refractivity contribution is 4.97. The third-order valence-corrected chi connectivity index (χ3v) is 3.29. The molecule has 3 heteroatoms. The number of ether oxygens (including phenoxy) is 2. The Morgan fingerprint density at radius 2 is 2.00 bits per heavy atom. The summed E-state index contributed by atoms with van der Waals surface area (Å²) in [5.74, 6) is 0.717. The van der Waals surface area contributed by atoms with Crippen LogP contribution in [0.2, 0.25) is 0 Å². The van der Waals surface area contributed by atoms with E-state index in [4.69, 9.17) is 9.47 Å². The second-order valence-electron chi connectivity index (χ2n) is 5.31. The van der Waals surface area contributed by atoms with E-state index in [1.807, 2.05) is 0 Å². The molecule has 0 amide bonds. The van der Waals surface area contributed by atoms with Crippen molar-refractivity contribution in [1.29, 1.82) is 0 Å². The van der Waals surface area contributed by atoms with Crippen LogP contribution in [0.15, 0.2) is 0 Å². The van der Waals surface area contributed by atoms with Gasteiger partial charge in [0.2, 0.25) is 0 Å². The Morgan fingerprint density at radius 1 is 1.24 bits per heavy atom. The minimum Gasteiger partial charge on any atom is -0.375 e. The molecule has 3 atom stereocenters. The molecule has 0 saturated heterocycles. The topological polar surface area (TPSA) is 30.5 Å². The van der Waals surface area contributed by atoms with Crippen molar-refractivity contribution in [3.05, 3.63) is 0 Å². The van der Waals surface area contributed by atoms with Gasteiger partial charge in [-0.2, -0.15) is 0 Å². The lowest BCUT2D eigenvalue weighted by Gasteiger charge is -2.44. The van der Waals surface area contributed by atoms with E-state index in [2.05, 4.69) is 33.0 Å². The Kier molecular flexibility index (Phi) is 7.09. The highest BCUT2D eigenvalue weighted by atomic mass is 16.5. The normalized spacial score (nSPS) is 28.4. The van der Waals surface area contributed by atoms with Crippen LogP contribution < -0.4 is 5.32 Å². The Hall–Kier alpha value is -0.120. The minimum absolute atomic E-state index is 0.263. The first kappa shape index (κ1) is 14.9. The SMILES string of the molecule is CCCNC1CC(OCCC(C)C)C1OCC. The Morgan fingerprint density at radius 3 is 2.59 bits per heavy atom. The molecule has 102 valence electrons. The van der Waals surface area contributed by atoms with Crippen molar-refractivity contribution >= 4 is 0 Å². The zero-order valence-electron chi connectivity index (χ0n) is 11.9. The van der Waals surface area contributed by atoms with Gasteiger partial charge in [0.15, 0.2) is 0 Å². The van der Waals surface area contributed by atoms with Gasteiger partial charge in [0.1, 0.15) is 0 Å². The lowest BCUT2D eigenvalue weighted by molar-refractivity contribution is -0.146. The fraction of sp³-hybridized carbons (Fsp3) is 1.00. The third kappa shape index (κ3) is 4.94. The minimum atomic E-state index is 0.263. The number of hydrogen-bond acceptors (Lipinski definition) is 3. The predicted octanol–water partition coefficient (Wildman–Crippen LogP) is 2.59. The van der Waals surface area contributed by atoms with E-state index in [0.29, 0.717) is 12.1 Å². The van der Waals surface area contributed by atoms with Crippen molar-refractivity contribution < 1.29 is 9.47 Å². The van der Waals surface area contributed by atoms with Crippen LogP contribution in [-0.2, 0) is 9.47 Å². The van der Waals surface area contributed by atoms with Gasteiger partial charge in [0, 0.05) is 19.3 Å². The molecular formula is C14H29NO2. The molecule has 17 heavy (non-hydrogen) atoms. The highest BCUT2D eigenvalue weighted by Gasteiger charge is 2.42. The third-order valence-electron chi connectivity index (χ3n) is 3.29. The molecule has 0 aromatic heterocycles. The van der Waals surface area contributed by atoms with Crippen LogP contribution in [0.25, 0.3) is 0 Å². The first-order valence-electron chi connectivity index (χ1n) is 7.15. The van der Waals surface area contributed by atoms with E-state index >= 15 is 0 Å². The van der Waals surface area contributed by atoms with Gasteiger partial charge in [-0.15, -0.1) is 0 Å². The number of hydrogen-bond donors (Lipinski definition) is 1. The standard InChI is InChI=1S/C14H29NO2/c1-5-8-15-12-10-13(14(12)16-6-2)17-9-7-11(3)4/h11-15H,5-10H2,1-4H3. The number of rotatable bonds is 9. The number of nitrogens with one attached hydrogen (secondary N) is 1. The quantitative estimate of drug-likeness (QED) is 0.675. The summed E-state index contributed by atoms with van der Waals surface area (Å²) in [5.41, 5.74) is 0. The average Bonchev–Trinajstić information content (AvgIpc) is 2.28. The van der Waals surface area contributed by atoms with Gasteiger partial charge in [-0.3, -0.25) is 0 Å². The molecule has 1 fully saturated rings. The molecule has 3 nitrogen and oxygen atoms in total. The summed E-state index contributed by atoms with van der Waals surface area (Å²) in [7, 11) is 0. The molecule has 0 bridgehead atoms. The van der Waals surface area contributed by atoms with Crippen LogP contribution in [0.3, 0.4) is 0 Å². The van der Waals surface area contributed by atoms with Crippen LogP contribution >= 0.6 is 0 Å². The molecule has 0 spiro atoms. The molecule has 0 aromatic carbocycles. The zero-order chi connectivity index (χ0) is 12.7. The average molecular weight is 243 g/mol. The molecule has 1 aliphatic rings. The van der Waals surface area contributed by atoms with Gasteiger partial charge in [0.05, 0.1) is 12.2 Å². The van der Waals surface area contributed by atoms with Crippen LogP contribution in [0.4, 0.5) is 0 Å². The summed E-state index contributed by atoms with van der Waals surface area (Å²) in [6, 6.07) is 0.499. The van der Waals surface area contributed by atoms with Crippen molar-refractivity contribution in [3.63, 3.8) is 0 Å². The summed E-state index contributed by atoms with van der Waals surface area (Å²) in [6.07, 6.45) is 3.99. The van der Waals surface area contributed by atoms with Gasteiger partial charge in [-0.05, 0) is 38.6 Å². The van der Waals surface area contributed by atoms with E-state index in [-0.39, 0.29) is 6.10 Å². The van der Waals surface area contributed by atoms with Crippen LogP contribution in [-0.4, -0.2) is 38.0 Å². The van der Waals surface area contributed by atoms with Crippen LogP contribution in [0, 0.1) is 5.92 Å². The molecular weight excluding hydrogens is 214 g/mol. The largest absolute Gasteiger partial charge is 0.375 e. The first-order chi connectivity index (χ1) is 8.19. The molecule has 0 aliphatic heterocycles. The molecule has 1 aliphatic carbocycles. The molecule has 1 rings (SSSR count). The van der Waals surface area contributed by atoms with Gasteiger partial charge in [-0.25, -0.2) is 0 Å². The van der Waals surface area contributed by atoms with Crippen molar-refractivity contribution in [3.8, 4) is 0 Å². The monoisotopic (exact) mass is 243 g/mol. The van der Waals surface area contributed by atoms with Gasteiger partial charge in [0.25, 0.3) is 0 Å². The van der Waals surface area contributed by atoms with Crippen molar-refractivity contribution in [2.75, 3.05) is 19.8 Å². The summed E-state index contributed by atoms with van der Waals surface area (Å²) in [5, 5.41) is 3.53. The Labute approximate surface area is 106 Å². The Balaban J connectivity index is 2.21. The van der Waals surface area contributed by atoms with Crippen molar-refractivity contribution in [2.45, 2.75) is 65.2 Å². The first-order valence-corrected chi connectivity index (χ1v) is 7.15. The lowest BCUT2D eigenvalue weighted by atomic mass is 9.85. The maximum atomic E-state index is 5.90. The fourth-order valence-corrected chi connectivity index (χ4v) is 2.14. The fourth-order valence-electron chi connectivity index (χ4n) is 2.14. The smallest absolute Gasteiger partial charge is 0.0990 e. The van der Waals surface area contributed by atoms with E-state index in [0.717, 1.165) is 38.5 Å². The van der Waals surface area contributed by atoms with Crippen molar-refractivity contribution in [2.24, 2.45) is 5.92 Å². The maximum absolute atomic E-state index is 5.90. The molecule has 0 heterocycles. The van der Waals surface area contributed by atoms with Gasteiger partial charge < -0.3 is 14.8 Å². The second kappa shape index (κ2) is 8.06. The highest BCUT2D eigenvalue weighted by Crippen LogP contribution is 2.27. The maximum Gasteiger partial charge on any atom is 0.0990 e. The van der Waals surface area contributed by atoms with Gasteiger partial charge in [-0.1, -0.05) is 20.8 Å². The van der Waals surface area contributed by atoms with Crippen LogP contribution in [0.5, 0.6) is 0 Å². The second-order valence-corrected chi connectivity index (χ2v) is 5.31. The predicted molar refractivity (Wildman–Crippen MR) is 71.3 cm³/mol. The zero-order valence-corrected chi connectivity index (χ0v) is 11.9. The lowest BCUT2D eigenvalue weighted by Crippen LogP contribution is -2.60. The van der Waals surface area contributed by atoms with E-state index in [9.17, 15) is 0 Å². The summed E-state index contributed by atoms with van der Waals surface area (Å²) >= 11 is 0. The Bertz CT molecular complexity index is 197. The molecule has 1 N–H and O–H groups in total. The molecule has 3 unspecified atom stereocenters. The molecule has 0 radical (unpaired) electrons. The van der Waals surface area contributed by atoms with E-state index in [1.165, 1.54) is 6.42 Å².